The zero-order valence-corrected chi connectivity index (χ0v) is 12.3. The minimum absolute atomic E-state index is 0.106. The number of hydrogen-bond acceptors (Lipinski definition) is 1. The Kier molecular flexibility index (Phi) is 3.30. The Morgan fingerprint density at radius 2 is 2.00 bits per heavy atom. The summed E-state index contributed by atoms with van der Waals surface area (Å²) < 4.78 is 14.8. The molecule has 2 rings (SSSR count). The fourth-order valence-electron chi connectivity index (χ4n) is 2.74. The molecule has 2 N–H and O–H groups in total. The average molecular weight is 321 g/mol. The Morgan fingerprint density at radius 1 is 1.35 bits per heavy atom. The summed E-state index contributed by atoms with van der Waals surface area (Å²) in [6.07, 6.45) is 2.84. The van der Waals surface area contributed by atoms with Crippen LogP contribution in [0.4, 0.5) is 4.39 Å². The molecule has 1 aromatic carbocycles. The summed E-state index contributed by atoms with van der Waals surface area (Å²) >= 11 is 9.16. The monoisotopic (exact) mass is 319 g/mol. The van der Waals surface area contributed by atoms with E-state index < -0.39 is 11.4 Å². The van der Waals surface area contributed by atoms with Crippen LogP contribution in [0.3, 0.4) is 0 Å². The van der Waals surface area contributed by atoms with Gasteiger partial charge in [0, 0.05) is 15.6 Å². The van der Waals surface area contributed by atoms with Crippen LogP contribution < -0.4 is 5.73 Å². The Morgan fingerprint density at radius 3 is 2.53 bits per heavy atom. The first kappa shape index (κ1) is 13.3. The van der Waals surface area contributed by atoms with Gasteiger partial charge in [0.1, 0.15) is 5.82 Å². The first-order chi connectivity index (χ1) is 7.79. The van der Waals surface area contributed by atoms with Crippen LogP contribution in [0.1, 0.15) is 38.7 Å². The van der Waals surface area contributed by atoms with Gasteiger partial charge in [0.05, 0.1) is 5.02 Å². The van der Waals surface area contributed by atoms with Crippen molar-refractivity contribution in [2.75, 3.05) is 0 Å². The second-order valence-electron chi connectivity index (χ2n) is 5.43. The maximum Gasteiger partial charge on any atom is 0.148 e. The van der Waals surface area contributed by atoms with Gasteiger partial charge < -0.3 is 5.73 Å². The lowest BCUT2D eigenvalue weighted by Gasteiger charge is -2.39. The fraction of sp³-hybridized carbons (Fsp3) is 0.538. The Balaban J connectivity index is 2.58. The fourth-order valence-corrected chi connectivity index (χ4v) is 3.21. The third kappa shape index (κ3) is 1.92. The number of rotatable bonds is 1. The molecule has 0 saturated heterocycles. The van der Waals surface area contributed by atoms with Gasteiger partial charge in [-0.25, -0.2) is 4.39 Å². The highest BCUT2D eigenvalue weighted by atomic mass is 79.9. The summed E-state index contributed by atoms with van der Waals surface area (Å²) in [6, 6.07) is 3.52. The minimum Gasteiger partial charge on any atom is -0.321 e. The van der Waals surface area contributed by atoms with E-state index in [2.05, 4.69) is 29.8 Å². The van der Waals surface area contributed by atoms with Gasteiger partial charge in [-0.1, -0.05) is 37.9 Å². The molecule has 0 bridgehead atoms. The molecular formula is C13H16BrClFN. The number of hydrogen-bond donors (Lipinski definition) is 1. The van der Waals surface area contributed by atoms with Crippen LogP contribution in [0, 0.1) is 11.2 Å². The lowest BCUT2D eigenvalue weighted by atomic mass is 9.71. The van der Waals surface area contributed by atoms with Gasteiger partial charge in [-0.05, 0) is 40.3 Å². The van der Waals surface area contributed by atoms with E-state index in [-0.39, 0.29) is 10.4 Å². The second-order valence-corrected chi connectivity index (χ2v) is 6.66. The molecule has 1 atom stereocenters. The first-order valence-electron chi connectivity index (χ1n) is 5.72. The largest absolute Gasteiger partial charge is 0.321 e. The Hall–Kier alpha value is -0.120. The van der Waals surface area contributed by atoms with Crippen molar-refractivity contribution in [3.8, 4) is 0 Å². The molecule has 1 aliphatic rings. The molecule has 0 aromatic heterocycles. The summed E-state index contributed by atoms with van der Waals surface area (Å²) in [5, 5.41) is 0.120. The van der Waals surface area contributed by atoms with Crippen molar-refractivity contribution in [2.24, 2.45) is 11.1 Å². The standard InChI is InChI=1S/C13H16BrClFN/c1-12(2)6-3-7-13(12,17)8-4-5-9(14)10(15)11(8)16/h4-5H,3,6-7,17H2,1-2H3. The van der Waals surface area contributed by atoms with Crippen LogP contribution in [-0.2, 0) is 5.54 Å². The molecule has 1 aliphatic carbocycles. The molecule has 94 valence electrons. The number of halogens is 3. The van der Waals surface area contributed by atoms with Gasteiger partial charge in [0.25, 0.3) is 0 Å². The molecule has 0 aliphatic heterocycles. The summed E-state index contributed by atoms with van der Waals surface area (Å²) in [4.78, 5) is 0. The van der Waals surface area contributed by atoms with Crippen molar-refractivity contribution in [3.05, 3.63) is 33.0 Å². The second kappa shape index (κ2) is 4.22. The highest BCUT2D eigenvalue weighted by molar-refractivity contribution is 9.10. The lowest BCUT2D eigenvalue weighted by Crippen LogP contribution is -2.46. The van der Waals surface area contributed by atoms with Crippen molar-refractivity contribution in [3.63, 3.8) is 0 Å². The SMILES string of the molecule is CC1(C)CCCC1(N)c1ccc(Br)c(Cl)c1F. The highest BCUT2D eigenvalue weighted by Crippen LogP contribution is 2.51. The van der Waals surface area contributed by atoms with Gasteiger partial charge >= 0.3 is 0 Å². The predicted molar refractivity (Wildman–Crippen MR) is 72.6 cm³/mol. The third-order valence-corrected chi connectivity index (χ3v) is 5.36. The smallest absolute Gasteiger partial charge is 0.148 e. The molecule has 0 amide bonds. The van der Waals surface area contributed by atoms with Gasteiger partial charge in [0.15, 0.2) is 0 Å². The molecule has 4 heteroatoms. The molecule has 1 saturated carbocycles. The van der Waals surface area contributed by atoms with E-state index >= 15 is 0 Å². The maximum atomic E-state index is 14.3. The highest BCUT2D eigenvalue weighted by Gasteiger charge is 2.48. The summed E-state index contributed by atoms with van der Waals surface area (Å²) in [5.41, 5.74) is 6.27. The van der Waals surface area contributed by atoms with Crippen LogP contribution in [-0.4, -0.2) is 0 Å². The maximum absolute atomic E-state index is 14.3. The Labute approximate surface area is 115 Å². The zero-order valence-electron chi connectivity index (χ0n) is 9.99. The van der Waals surface area contributed by atoms with Crippen LogP contribution >= 0.6 is 27.5 Å². The molecule has 0 radical (unpaired) electrons. The number of nitrogens with two attached hydrogens (primary N) is 1. The van der Waals surface area contributed by atoms with Gasteiger partial charge in [-0.2, -0.15) is 0 Å². The first-order valence-corrected chi connectivity index (χ1v) is 6.89. The predicted octanol–water partition coefficient (Wildman–Crippen LogP) is 4.61. The normalized spacial score (nSPS) is 27.4. The zero-order chi connectivity index (χ0) is 12.8. The van der Waals surface area contributed by atoms with E-state index in [1.807, 2.05) is 0 Å². The topological polar surface area (TPSA) is 26.0 Å². The van der Waals surface area contributed by atoms with Crippen molar-refractivity contribution in [1.29, 1.82) is 0 Å². The van der Waals surface area contributed by atoms with E-state index in [0.29, 0.717) is 10.0 Å². The van der Waals surface area contributed by atoms with E-state index in [0.717, 1.165) is 19.3 Å². The van der Waals surface area contributed by atoms with Gasteiger partial charge in [-0.15, -0.1) is 0 Å². The molecule has 1 fully saturated rings. The minimum atomic E-state index is -0.624. The third-order valence-electron chi connectivity index (χ3n) is 4.10. The van der Waals surface area contributed by atoms with Gasteiger partial charge in [-0.3, -0.25) is 0 Å². The Bertz CT molecular complexity index is 461. The molecule has 1 unspecified atom stereocenters. The average Bonchev–Trinajstić information content (AvgIpc) is 2.51. The number of benzene rings is 1. The summed E-state index contributed by atoms with van der Waals surface area (Å²) in [7, 11) is 0. The molecule has 1 aromatic rings. The van der Waals surface area contributed by atoms with Crippen LogP contribution in [0.25, 0.3) is 0 Å². The van der Waals surface area contributed by atoms with Crippen LogP contribution in [0.5, 0.6) is 0 Å². The molecule has 0 spiro atoms. The van der Waals surface area contributed by atoms with E-state index in [1.54, 1.807) is 12.1 Å². The summed E-state index contributed by atoms with van der Waals surface area (Å²) in [6.45, 7) is 4.19. The van der Waals surface area contributed by atoms with E-state index in [4.69, 9.17) is 17.3 Å². The van der Waals surface area contributed by atoms with Gasteiger partial charge in [0.2, 0.25) is 0 Å². The van der Waals surface area contributed by atoms with Crippen LogP contribution in [0.15, 0.2) is 16.6 Å². The van der Waals surface area contributed by atoms with Crippen molar-refractivity contribution < 1.29 is 4.39 Å². The van der Waals surface area contributed by atoms with E-state index in [9.17, 15) is 4.39 Å². The van der Waals surface area contributed by atoms with Crippen molar-refractivity contribution in [2.45, 2.75) is 38.6 Å². The molecule has 1 nitrogen and oxygen atoms in total. The van der Waals surface area contributed by atoms with E-state index in [1.165, 1.54) is 0 Å². The molecule has 17 heavy (non-hydrogen) atoms. The molecular weight excluding hydrogens is 305 g/mol. The lowest BCUT2D eigenvalue weighted by molar-refractivity contribution is 0.204. The quantitative estimate of drug-likeness (QED) is 0.752. The van der Waals surface area contributed by atoms with Crippen LogP contribution in [0.2, 0.25) is 5.02 Å². The molecule has 0 heterocycles. The summed E-state index contributed by atoms with van der Waals surface area (Å²) in [5.74, 6) is -0.390. The van der Waals surface area contributed by atoms with Crippen molar-refractivity contribution >= 4 is 27.5 Å². The van der Waals surface area contributed by atoms with Crippen molar-refractivity contribution in [1.82, 2.24) is 0 Å².